The zero-order valence-corrected chi connectivity index (χ0v) is 8.79. The van der Waals surface area contributed by atoms with E-state index in [9.17, 15) is 4.79 Å². The van der Waals surface area contributed by atoms with E-state index in [1.807, 2.05) is 24.3 Å². The number of hydrogen-bond acceptors (Lipinski definition) is 2. The van der Waals surface area contributed by atoms with Crippen molar-refractivity contribution in [3.63, 3.8) is 0 Å². The van der Waals surface area contributed by atoms with Crippen LogP contribution in [0.2, 0.25) is 0 Å². The number of rotatable bonds is 4. The highest BCUT2D eigenvalue weighted by molar-refractivity contribution is 6.02. The molecule has 0 aromatic heterocycles. The highest BCUT2D eigenvalue weighted by Crippen LogP contribution is 2.10. The average molecular weight is 205 g/mol. The molecule has 0 radical (unpaired) electrons. The lowest BCUT2D eigenvalue weighted by molar-refractivity contribution is -0.112. The van der Waals surface area contributed by atoms with E-state index >= 15 is 0 Å². The minimum Gasteiger partial charge on any atom is -0.396 e. The van der Waals surface area contributed by atoms with Crippen LogP contribution in [0.5, 0.6) is 0 Å². The summed E-state index contributed by atoms with van der Waals surface area (Å²) in [6.45, 7) is 5.35. The molecule has 0 saturated carbocycles. The summed E-state index contributed by atoms with van der Waals surface area (Å²) < 4.78 is 0. The lowest BCUT2D eigenvalue weighted by atomic mass is 10.1. The van der Waals surface area contributed by atoms with Crippen LogP contribution in [-0.2, 0) is 11.2 Å². The first-order chi connectivity index (χ1) is 7.13. The SMILES string of the molecule is C=C(C)C(=O)Nc1ccc(CCO)cc1. The minimum atomic E-state index is -0.176. The summed E-state index contributed by atoms with van der Waals surface area (Å²) in [5.41, 5.74) is 2.27. The Bertz CT molecular complexity index is 354. The highest BCUT2D eigenvalue weighted by Gasteiger charge is 2.01. The fraction of sp³-hybridized carbons (Fsp3) is 0.250. The first-order valence-corrected chi connectivity index (χ1v) is 4.80. The number of anilines is 1. The molecule has 1 aromatic carbocycles. The van der Waals surface area contributed by atoms with Gasteiger partial charge < -0.3 is 10.4 Å². The summed E-state index contributed by atoms with van der Waals surface area (Å²) in [5.74, 6) is -0.176. The second-order valence-electron chi connectivity index (χ2n) is 3.40. The van der Waals surface area contributed by atoms with Gasteiger partial charge in [-0.2, -0.15) is 0 Å². The molecule has 80 valence electrons. The summed E-state index contributed by atoms with van der Waals surface area (Å²) in [5, 5.41) is 11.4. The second kappa shape index (κ2) is 5.32. The van der Waals surface area contributed by atoms with Crippen molar-refractivity contribution < 1.29 is 9.90 Å². The molecule has 0 bridgehead atoms. The van der Waals surface area contributed by atoms with Gasteiger partial charge in [0, 0.05) is 17.9 Å². The van der Waals surface area contributed by atoms with Crippen LogP contribution in [0.3, 0.4) is 0 Å². The lowest BCUT2D eigenvalue weighted by Gasteiger charge is -2.05. The number of amides is 1. The average Bonchev–Trinajstić information content (AvgIpc) is 2.21. The quantitative estimate of drug-likeness (QED) is 0.735. The van der Waals surface area contributed by atoms with Crippen LogP contribution in [0, 0.1) is 0 Å². The van der Waals surface area contributed by atoms with Crippen LogP contribution in [0.1, 0.15) is 12.5 Å². The van der Waals surface area contributed by atoms with Gasteiger partial charge in [-0.25, -0.2) is 0 Å². The highest BCUT2D eigenvalue weighted by atomic mass is 16.2. The largest absolute Gasteiger partial charge is 0.396 e. The Kier molecular flexibility index (Phi) is 4.06. The van der Waals surface area contributed by atoms with Crippen molar-refractivity contribution in [1.82, 2.24) is 0 Å². The van der Waals surface area contributed by atoms with Crippen LogP contribution >= 0.6 is 0 Å². The number of hydrogen-bond donors (Lipinski definition) is 2. The molecular weight excluding hydrogens is 190 g/mol. The molecule has 1 amide bonds. The molecule has 0 fully saturated rings. The molecule has 0 aliphatic carbocycles. The fourth-order valence-electron chi connectivity index (χ4n) is 1.12. The van der Waals surface area contributed by atoms with Crippen molar-refractivity contribution in [3.8, 4) is 0 Å². The number of nitrogens with one attached hydrogen (secondary N) is 1. The van der Waals surface area contributed by atoms with Gasteiger partial charge in [0.05, 0.1) is 0 Å². The van der Waals surface area contributed by atoms with Crippen molar-refractivity contribution in [2.75, 3.05) is 11.9 Å². The molecular formula is C12H15NO2. The number of carbonyl (C=O) groups is 1. The van der Waals surface area contributed by atoms with E-state index in [1.165, 1.54) is 0 Å². The third-order valence-corrected chi connectivity index (χ3v) is 2.00. The maximum Gasteiger partial charge on any atom is 0.250 e. The molecule has 0 heterocycles. The minimum absolute atomic E-state index is 0.136. The molecule has 0 saturated heterocycles. The van der Waals surface area contributed by atoms with E-state index in [0.717, 1.165) is 11.3 Å². The summed E-state index contributed by atoms with van der Waals surface area (Å²) in [4.78, 5) is 11.3. The van der Waals surface area contributed by atoms with Crippen LogP contribution in [0.4, 0.5) is 5.69 Å². The van der Waals surface area contributed by atoms with E-state index < -0.39 is 0 Å². The molecule has 1 aromatic rings. The first kappa shape index (κ1) is 11.5. The smallest absolute Gasteiger partial charge is 0.250 e. The van der Waals surface area contributed by atoms with Gasteiger partial charge in [0.25, 0.3) is 5.91 Å². The van der Waals surface area contributed by atoms with Crippen LogP contribution in [-0.4, -0.2) is 17.6 Å². The van der Waals surface area contributed by atoms with Gasteiger partial charge in [0.15, 0.2) is 0 Å². The van der Waals surface area contributed by atoms with Gasteiger partial charge in [0.2, 0.25) is 0 Å². The summed E-state index contributed by atoms with van der Waals surface area (Å²) in [6, 6.07) is 7.38. The monoisotopic (exact) mass is 205 g/mol. The van der Waals surface area contributed by atoms with Crippen molar-refractivity contribution >= 4 is 11.6 Å². The van der Waals surface area contributed by atoms with Gasteiger partial charge in [-0.1, -0.05) is 18.7 Å². The lowest BCUT2D eigenvalue weighted by Crippen LogP contribution is -2.11. The molecule has 0 unspecified atom stereocenters. The van der Waals surface area contributed by atoms with E-state index in [0.29, 0.717) is 12.0 Å². The molecule has 3 nitrogen and oxygen atoms in total. The second-order valence-corrected chi connectivity index (χ2v) is 3.40. The van der Waals surface area contributed by atoms with Gasteiger partial charge in [0.1, 0.15) is 0 Å². The zero-order chi connectivity index (χ0) is 11.3. The number of carbonyl (C=O) groups excluding carboxylic acids is 1. The van der Waals surface area contributed by atoms with Gasteiger partial charge in [-0.15, -0.1) is 0 Å². The van der Waals surface area contributed by atoms with Crippen molar-refractivity contribution in [2.45, 2.75) is 13.3 Å². The Morgan fingerprint density at radius 2 is 2.00 bits per heavy atom. The topological polar surface area (TPSA) is 49.3 Å². The molecule has 1 rings (SSSR count). The van der Waals surface area contributed by atoms with Crippen molar-refractivity contribution in [1.29, 1.82) is 0 Å². The third kappa shape index (κ3) is 3.56. The Balaban J connectivity index is 2.64. The summed E-state index contributed by atoms with van der Waals surface area (Å²) in [7, 11) is 0. The molecule has 2 N–H and O–H groups in total. The fourth-order valence-corrected chi connectivity index (χ4v) is 1.12. The predicted octanol–water partition coefficient (Wildman–Crippen LogP) is 1.74. The van der Waals surface area contributed by atoms with E-state index in [4.69, 9.17) is 5.11 Å². The van der Waals surface area contributed by atoms with Crippen LogP contribution < -0.4 is 5.32 Å². The van der Waals surface area contributed by atoms with Crippen LogP contribution in [0.25, 0.3) is 0 Å². The van der Waals surface area contributed by atoms with E-state index in [-0.39, 0.29) is 12.5 Å². The standard InChI is InChI=1S/C12H15NO2/c1-9(2)12(15)13-11-5-3-10(4-6-11)7-8-14/h3-6,14H,1,7-8H2,2H3,(H,13,15). The van der Waals surface area contributed by atoms with Gasteiger partial charge >= 0.3 is 0 Å². The third-order valence-electron chi connectivity index (χ3n) is 2.00. The van der Waals surface area contributed by atoms with E-state index in [1.54, 1.807) is 6.92 Å². The summed E-state index contributed by atoms with van der Waals surface area (Å²) in [6.07, 6.45) is 0.634. The molecule has 15 heavy (non-hydrogen) atoms. The first-order valence-electron chi connectivity index (χ1n) is 4.80. The predicted molar refractivity (Wildman–Crippen MR) is 60.7 cm³/mol. The maximum absolute atomic E-state index is 11.3. The normalized spacial score (nSPS) is 9.73. The Morgan fingerprint density at radius 1 is 1.40 bits per heavy atom. The van der Waals surface area contributed by atoms with Crippen molar-refractivity contribution in [2.24, 2.45) is 0 Å². The zero-order valence-electron chi connectivity index (χ0n) is 8.79. The molecule has 0 atom stereocenters. The number of aliphatic hydroxyl groups is 1. The Labute approximate surface area is 89.4 Å². The number of aliphatic hydroxyl groups excluding tert-OH is 1. The Hall–Kier alpha value is -1.61. The van der Waals surface area contributed by atoms with Gasteiger partial charge in [-0.3, -0.25) is 4.79 Å². The van der Waals surface area contributed by atoms with Gasteiger partial charge in [-0.05, 0) is 31.0 Å². The van der Waals surface area contributed by atoms with Crippen LogP contribution in [0.15, 0.2) is 36.4 Å². The number of benzene rings is 1. The van der Waals surface area contributed by atoms with E-state index in [2.05, 4.69) is 11.9 Å². The molecule has 0 spiro atoms. The molecule has 3 heteroatoms. The van der Waals surface area contributed by atoms with Crippen molar-refractivity contribution in [3.05, 3.63) is 42.0 Å². The molecule has 0 aliphatic heterocycles. The Morgan fingerprint density at radius 3 is 2.47 bits per heavy atom. The molecule has 0 aliphatic rings. The summed E-state index contributed by atoms with van der Waals surface area (Å²) >= 11 is 0. The maximum atomic E-state index is 11.3.